The lowest BCUT2D eigenvalue weighted by molar-refractivity contribution is -0.154. The first-order valence-electron chi connectivity index (χ1n) is 6.74. The van der Waals surface area contributed by atoms with Crippen LogP contribution in [-0.4, -0.2) is 50.1 Å². The van der Waals surface area contributed by atoms with Crippen molar-refractivity contribution in [1.82, 2.24) is 4.90 Å². The summed E-state index contributed by atoms with van der Waals surface area (Å²) in [6, 6.07) is 0. The molecule has 0 aromatic heterocycles. The molecule has 1 atom stereocenters. The lowest BCUT2D eigenvalue weighted by atomic mass is 9.81. The Bertz CT molecular complexity index is 373. The molecule has 0 aromatic rings. The Balaban J connectivity index is 2.83. The van der Waals surface area contributed by atoms with Crippen LogP contribution in [0.15, 0.2) is 0 Å². The molecule has 1 aliphatic carbocycles. The first-order valence-corrected chi connectivity index (χ1v) is 6.74. The molecule has 1 rings (SSSR count). The maximum Gasteiger partial charge on any atom is 0.325 e. The second-order valence-corrected chi connectivity index (χ2v) is 5.78. The number of hydrogen-bond donors (Lipinski definition) is 0. The maximum atomic E-state index is 12.6. The molecule has 1 saturated carbocycles. The summed E-state index contributed by atoms with van der Waals surface area (Å²) in [6.07, 6.45) is 2.73. The number of carbonyl (C=O) groups is 3. The molecule has 1 aliphatic rings. The average molecular weight is 285 g/mol. The summed E-state index contributed by atoms with van der Waals surface area (Å²) < 4.78 is 9.15. The second kappa shape index (κ2) is 6.72. The predicted molar refractivity (Wildman–Crippen MR) is 71.7 cm³/mol. The number of rotatable bonds is 5. The highest BCUT2D eigenvalue weighted by atomic mass is 16.5. The number of hydrogen-bond acceptors (Lipinski definition) is 5. The third-order valence-electron chi connectivity index (χ3n) is 3.96. The summed E-state index contributed by atoms with van der Waals surface area (Å²) in [5.74, 6) is -1.43. The molecule has 0 aromatic carbocycles. The molecule has 0 N–H and O–H groups in total. The van der Waals surface area contributed by atoms with Crippen molar-refractivity contribution in [2.45, 2.75) is 33.1 Å². The normalized spacial score (nSPS) is 20.3. The van der Waals surface area contributed by atoms with Crippen molar-refractivity contribution in [3.63, 3.8) is 0 Å². The monoisotopic (exact) mass is 285 g/mol. The smallest absolute Gasteiger partial charge is 0.325 e. The van der Waals surface area contributed by atoms with Gasteiger partial charge in [-0.2, -0.15) is 0 Å². The van der Waals surface area contributed by atoms with Crippen molar-refractivity contribution in [2.75, 3.05) is 27.3 Å². The van der Waals surface area contributed by atoms with E-state index in [1.54, 1.807) is 0 Å². The molecule has 1 unspecified atom stereocenters. The van der Waals surface area contributed by atoms with Crippen LogP contribution >= 0.6 is 0 Å². The zero-order valence-electron chi connectivity index (χ0n) is 12.6. The number of amides is 1. The van der Waals surface area contributed by atoms with E-state index >= 15 is 0 Å². The van der Waals surface area contributed by atoms with E-state index in [0.29, 0.717) is 0 Å². The van der Waals surface area contributed by atoms with E-state index in [2.05, 4.69) is 9.47 Å². The van der Waals surface area contributed by atoms with Gasteiger partial charge in [-0.15, -0.1) is 0 Å². The third-order valence-corrected chi connectivity index (χ3v) is 3.96. The molecular weight excluding hydrogens is 262 g/mol. The van der Waals surface area contributed by atoms with Crippen molar-refractivity contribution >= 4 is 17.8 Å². The molecule has 6 nitrogen and oxygen atoms in total. The van der Waals surface area contributed by atoms with Gasteiger partial charge >= 0.3 is 11.9 Å². The lowest BCUT2D eigenvalue weighted by Gasteiger charge is -2.31. The Morgan fingerprint density at radius 1 is 1.10 bits per heavy atom. The van der Waals surface area contributed by atoms with Crippen LogP contribution in [0, 0.1) is 11.3 Å². The predicted octanol–water partition coefficient (Wildman–Crippen LogP) is 0.987. The first kappa shape index (κ1) is 16.5. The summed E-state index contributed by atoms with van der Waals surface area (Å²) >= 11 is 0. The first-order chi connectivity index (χ1) is 9.31. The van der Waals surface area contributed by atoms with E-state index in [-0.39, 0.29) is 30.3 Å². The van der Waals surface area contributed by atoms with Crippen LogP contribution in [0.2, 0.25) is 0 Å². The van der Waals surface area contributed by atoms with Crippen LogP contribution in [0.25, 0.3) is 0 Å². The number of carbonyl (C=O) groups excluding carboxylic acids is 3. The Labute approximate surface area is 119 Å². The standard InChI is InChI=1S/C14H23NO5/c1-14(2)7-5-6-10(14)13(18)15(8-11(16)19-3)9-12(17)20-4/h10H,5-9H2,1-4H3. The van der Waals surface area contributed by atoms with E-state index in [4.69, 9.17) is 0 Å². The largest absolute Gasteiger partial charge is 0.468 e. The Hall–Kier alpha value is -1.59. The van der Waals surface area contributed by atoms with Gasteiger partial charge in [0.25, 0.3) is 0 Å². The molecule has 1 amide bonds. The fraction of sp³-hybridized carbons (Fsp3) is 0.786. The van der Waals surface area contributed by atoms with E-state index in [0.717, 1.165) is 19.3 Å². The van der Waals surface area contributed by atoms with Gasteiger partial charge in [-0.25, -0.2) is 0 Å². The molecule has 0 saturated heterocycles. The van der Waals surface area contributed by atoms with Crippen LogP contribution in [0.1, 0.15) is 33.1 Å². The number of methoxy groups -OCH3 is 2. The minimum Gasteiger partial charge on any atom is -0.468 e. The van der Waals surface area contributed by atoms with Crippen LogP contribution in [0.3, 0.4) is 0 Å². The summed E-state index contributed by atoms with van der Waals surface area (Å²) in [5.41, 5.74) is -0.110. The summed E-state index contributed by atoms with van der Waals surface area (Å²) in [7, 11) is 2.51. The summed E-state index contributed by atoms with van der Waals surface area (Å²) in [6.45, 7) is 3.63. The molecule has 114 valence electrons. The highest BCUT2D eigenvalue weighted by Crippen LogP contribution is 2.43. The Morgan fingerprint density at radius 2 is 1.60 bits per heavy atom. The average Bonchev–Trinajstić information content (AvgIpc) is 2.76. The van der Waals surface area contributed by atoms with E-state index in [1.165, 1.54) is 19.1 Å². The van der Waals surface area contributed by atoms with Gasteiger partial charge in [-0.05, 0) is 18.3 Å². The van der Waals surface area contributed by atoms with Crippen molar-refractivity contribution < 1.29 is 23.9 Å². The zero-order valence-corrected chi connectivity index (χ0v) is 12.6. The van der Waals surface area contributed by atoms with Crippen molar-refractivity contribution in [3.8, 4) is 0 Å². The number of esters is 2. The molecular formula is C14H23NO5. The van der Waals surface area contributed by atoms with Crippen LogP contribution in [0.4, 0.5) is 0 Å². The molecule has 0 spiro atoms. The van der Waals surface area contributed by atoms with Gasteiger partial charge in [0.15, 0.2) is 0 Å². The lowest BCUT2D eigenvalue weighted by Crippen LogP contribution is -2.45. The fourth-order valence-corrected chi connectivity index (χ4v) is 2.66. The second-order valence-electron chi connectivity index (χ2n) is 5.78. The molecule has 0 aliphatic heterocycles. The SMILES string of the molecule is COC(=O)CN(CC(=O)OC)C(=O)C1CCCC1(C)C. The van der Waals surface area contributed by atoms with E-state index in [9.17, 15) is 14.4 Å². The minimum atomic E-state index is -0.543. The molecule has 0 bridgehead atoms. The molecule has 1 fully saturated rings. The topological polar surface area (TPSA) is 72.9 Å². The van der Waals surface area contributed by atoms with Crippen LogP contribution < -0.4 is 0 Å². The number of ether oxygens (including phenoxy) is 2. The van der Waals surface area contributed by atoms with Crippen LogP contribution in [0.5, 0.6) is 0 Å². The van der Waals surface area contributed by atoms with Gasteiger partial charge in [0.05, 0.1) is 14.2 Å². The highest BCUT2D eigenvalue weighted by molar-refractivity contribution is 5.87. The quantitative estimate of drug-likeness (QED) is 0.704. The minimum absolute atomic E-state index is 0.110. The van der Waals surface area contributed by atoms with Crippen molar-refractivity contribution in [2.24, 2.45) is 11.3 Å². The van der Waals surface area contributed by atoms with Gasteiger partial charge in [0, 0.05) is 5.92 Å². The third kappa shape index (κ3) is 3.95. The van der Waals surface area contributed by atoms with Crippen molar-refractivity contribution in [3.05, 3.63) is 0 Å². The Morgan fingerprint density at radius 3 is 1.95 bits per heavy atom. The molecule has 0 heterocycles. The zero-order chi connectivity index (χ0) is 15.3. The van der Waals surface area contributed by atoms with Gasteiger partial charge in [-0.3, -0.25) is 14.4 Å². The molecule has 0 radical (unpaired) electrons. The van der Waals surface area contributed by atoms with Gasteiger partial charge < -0.3 is 14.4 Å². The molecule has 20 heavy (non-hydrogen) atoms. The molecule has 6 heteroatoms. The Kier molecular flexibility index (Phi) is 5.53. The van der Waals surface area contributed by atoms with E-state index < -0.39 is 11.9 Å². The van der Waals surface area contributed by atoms with E-state index in [1.807, 2.05) is 13.8 Å². The number of nitrogens with zero attached hydrogens (tertiary/aromatic N) is 1. The van der Waals surface area contributed by atoms with Gasteiger partial charge in [-0.1, -0.05) is 20.3 Å². The van der Waals surface area contributed by atoms with Crippen molar-refractivity contribution in [1.29, 1.82) is 0 Å². The fourth-order valence-electron chi connectivity index (χ4n) is 2.66. The highest BCUT2D eigenvalue weighted by Gasteiger charge is 2.41. The van der Waals surface area contributed by atoms with Gasteiger partial charge in [0.1, 0.15) is 13.1 Å². The summed E-state index contributed by atoms with van der Waals surface area (Å²) in [5, 5.41) is 0. The van der Waals surface area contributed by atoms with Gasteiger partial charge in [0.2, 0.25) is 5.91 Å². The maximum absolute atomic E-state index is 12.6. The summed E-state index contributed by atoms with van der Waals surface area (Å²) in [4.78, 5) is 36.6. The van der Waals surface area contributed by atoms with Crippen LogP contribution in [-0.2, 0) is 23.9 Å².